The Morgan fingerprint density at radius 1 is 0.333 bits per heavy atom. The molecule has 0 aliphatic rings. The molecule has 0 fully saturated rings. The van der Waals surface area contributed by atoms with Gasteiger partial charge in [-0.1, -0.05) is 170 Å². The zero-order chi connectivity index (χ0) is 53.2. The predicted octanol–water partition coefficient (Wildman–Crippen LogP) is 15.4. The smallest absolute Gasteiger partial charge is 0.308 e. The van der Waals surface area contributed by atoms with Crippen molar-refractivity contribution in [3.8, 4) is 0 Å². The van der Waals surface area contributed by atoms with Crippen molar-refractivity contribution in [3.63, 3.8) is 0 Å². The minimum Gasteiger partial charge on any atom is -0.463 e. The zero-order valence-electron chi connectivity index (χ0n) is 46.3. The summed E-state index contributed by atoms with van der Waals surface area (Å²) in [5.41, 5.74) is 0. The summed E-state index contributed by atoms with van der Waals surface area (Å²) in [4.78, 5) is 54.0. The number of rotatable bonds is 16. The van der Waals surface area contributed by atoms with Gasteiger partial charge in [0, 0.05) is 35.8 Å². The molecule has 2 amide bonds. The van der Waals surface area contributed by atoms with Crippen LogP contribution >= 0.6 is 0 Å². The molecule has 0 atom stereocenters. The molecule has 2 N–H and O–H groups in total. The summed E-state index contributed by atoms with van der Waals surface area (Å²) in [5.74, 6) is 2.08. The lowest BCUT2D eigenvalue weighted by molar-refractivity contribution is -0.152. The highest BCUT2D eigenvalue weighted by molar-refractivity contribution is 7.92. The second kappa shape index (κ2) is 59.3. The molecule has 0 spiro atoms. The Labute approximate surface area is 455 Å². The number of Topliss-reactive ketones (excluding diaryl/α,β-unsaturated/α-hetero) is 1. The monoisotopic (exact) mass is 1090 g/mol. The van der Waals surface area contributed by atoms with E-state index >= 15 is 0 Å². The van der Waals surface area contributed by atoms with Crippen LogP contribution in [0.3, 0.4) is 0 Å². The number of amides is 2. The Morgan fingerprint density at radius 3 is 0.569 bits per heavy atom. The quantitative estimate of drug-likeness (QED) is 0.140. The molecule has 15 heteroatoms. The molecule has 0 bridgehead atoms. The van der Waals surface area contributed by atoms with Crippen LogP contribution in [0.25, 0.3) is 0 Å². The fraction of sp³-hybridized carbons (Fsp3) is 0.912. The van der Waals surface area contributed by atoms with Gasteiger partial charge in [-0.05, 0) is 94.9 Å². The second-order valence-corrected chi connectivity index (χ2v) is 25.4. The van der Waals surface area contributed by atoms with E-state index in [0.717, 1.165) is 0 Å². The van der Waals surface area contributed by atoms with Crippen molar-refractivity contribution < 1.29 is 50.3 Å². The lowest BCUT2D eigenvalue weighted by Gasteiger charge is -2.09. The van der Waals surface area contributed by atoms with Gasteiger partial charge in [0.2, 0.25) is 11.8 Å². The van der Waals surface area contributed by atoms with Crippen molar-refractivity contribution in [2.75, 3.05) is 11.5 Å². The summed E-state index contributed by atoms with van der Waals surface area (Å²) in [5, 5.41) is 5.15. The number of ether oxygens (including phenoxy) is 2. The van der Waals surface area contributed by atoms with E-state index in [0.29, 0.717) is 17.3 Å². The normalized spacial score (nSPS) is 10.0. The second-order valence-electron chi connectivity index (χ2n) is 20.2. The van der Waals surface area contributed by atoms with Gasteiger partial charge in [-0.3, -0.25) is 24.0 Å². The summed E-state index contributed by atoms with van der Waals surface area (Å²) in [6.07, 6.45) is 0.0276. The first-order valence-electron chi connectivity index (χ1n) is 23.4. The molecule has 0 saturated carbocycles. The van der Waals surface area contributed by atoms with Gasteiger partial charge in [-0.25, -0.2) is 16.8 Å². The van der Waals surface area contributed by atoms with E-state index in [1.165, 1.54) is 0 Å². The van der Waals surface area contributed by atoms with E-state index in [1.807, 2.05) is 166 Å². The van der Waals surface area contributed by atoms with E-state index < -0.39 is 19.7 Å². The molecule has 13 nitrogen and oxygen atoms in total. The maximum Gasteiger partial charge on any atom is 0.308 e. The third kappa shape index (κ3) is 84.3. The van der Waals surface area contributed by atoms with Crippen LogP contribution in [0, 0.1) is 47.3 Å². The zero-order valence-corrected chi connectivity index (χ0v) is 47.9. The van der Waals surface area contributed by atoms with Crippen LogP contribution in [0.2, 0.25) is 0 Å². The molecule has 0 saturated heterocycles. The van der Waals surface area contributed by atoms with Gasteiger partial charge >= 0.3 is 11.9 Å². The first-order valence-corrected chi connectivity index (χ1v) is 26.8. The molecule has 0 aliphatic heterocycles. The van der Waals surface area contributed by atoms with Crippen molar-refractivity contribution in [1.29, 1.82) is 0 Å². The number of ketones is 1. The van der Waals surface area contributed by atoms with E-state index in [-0.39, 0.29) is 165 Å². The Morgan fingerprint density at radius 2 is 0.528 bits per heavy atom. The first kappa shape index (κ1) is 110. The average molecular weight is 1090 g/mol. The minimum absolute atomic E-state index is 0. The van der Waals surface area contributed by atoms with Gasteiger partial charge < -0.3 is 20.1 Å². The molecule has 0 radical (unpaired) electrons. The third-order valence-electron chi connectivity index (χ3n) is 7.26. The summed E-state index contributed by atoms with van der Waals surface area (Å²) < 4.78 is 54.3. The summed E-state index contributed by atoms with van der Waals surface area (Å²) in [7, 11) is -5.59. The topological polar surface area (TPSA) is 196 Å². The lowest BCUT2D eigenvalue weighted by Crippen LogP contribution is -2.33. The number of nitrogens with one attached hydrogen (secondary N) is 2. The Balaban J connectivity index is -0.0000000398. The van der Waals surface area contributed by atoms with E-state index in [2.05, 4.69) is 10.6 Å². The van der Waals surface area contributed by atoms with Gasteiger partial charge in [-0.15, -0.1) is 0 Å². The third-order valence-corrected chi connectivity index (χ3v) is 12.4. The van der Waals surface area contributed by atoms with Crippen molar-refractivity contribution in [1.82, 2.24) is 10.6 Å². The fourth-order valence-electron chi connectivity index (χ4n) is 3.62. The van der Waals surface area contributed by atoms with Crippen molar-refractivity contribution in [2.24, 2.45) is 47.3 Å². The Bertz CT molecular complexity index is 1270. The number of esters is 2. The molecule has 452 valence electrons. The van der Waals surface area contributed by atoms with Crippen molar-refractivity contribution in [2.45, 2.75) is 288 Å². The highest BCUT2D eigenvalue weighted by atomic mass is 32.2. The SMILES string of the molecule is C.C.C.C.C.C.C.C.CC(C)C(=O)C(C)C.CC(C)CS(=O)(=O)C(C)C.CC(C)CS(=O)(=O)C(C)C.CC(C)NC(=O)C(C)C.CC(C)NC(=O)C(C)C.CC(C)OC(=O)C(C)C.CC(C)OC(=O)C(C)C. The maximum absolute atomic E-state index is 11.1. The lowest BCUT2D eigenvalue weighted by atomic mass is 9.99. The molecule has 0 aromatic carbocycles. The number of carbonyl (C=O) groups excluding carboxylic acids is 5. The van der Waals surface area contributed by atoms with Crippen LogP contribution in [-0.4, -0.2) is 92.7 Å². The highest BCUT2D eigenvalue weighted by Crippen LogP contribution is 2.07. The van der Waals surface area contributed by atoms with Crippen LogP contribution in [0.4, 0.5) is 0 Å². The molecule has 72 heavy (non-hydrogen) atoms. The minimum atomic E-state index is -2.80. The maximum atomic E-state index is 11.1. The van der Waals surface area contributed by atoms with E-state index in [1.54, 1.807) is 27.7 Å². The Hall–Kier alpha value is -2.55. The van der Waals surface area contributed by atoms with Crippen LogP contribution in [0.15, 0.2) is 0 Å². The Kier molecular flexibility index (Phi) is 90.4. The van der Waals surface area contributed by atoms with Crippen LogP contribution in [0.5, 0.6) is 0 Å². The van der Waals surface area contributed by atoms with E-state index in [9.17, 15) is 40.8 Å². The van der Waals surface area contributed by atoms with Crippen molar-refractivity contribution >= 4 is 49.2 Å². The van der Waals surface area contributed by atoms with Crippen molar-refractivity contribution in [3.05, 3.63) is 0 Å². The highest BCUT2D eigenvalue weighted by Gasteiger charge is 2.18. The summed E-state index contributed by atoms with van der Waals surface area (Å²) in [6.45, 7) is 52.3. The number of hydrogen-bond donors (Lipinski definition) is 2. The average Bonchev–Trinajstić information content (AvgIpc) is 3.07. The van der Waals surface area contributed by atoms with Gasteiger partial charge in [0.15, 0.2) is 19.7 Å². The number of hydrogen-bond acceptors (Lipinski definition) is 11. The van der Waals surface area contributed by atoms with Crippen LogP contribution in [-0.2, 0) is 53.1 Å². The summed E-state index contributed by atoms with van der Waals surface area (Å²) in [6, 6.07) is 0.528. The molecular weight excluding hydrogens is 953 g/mol. The van der Waals surface area contributed by atoms with Gasteiger partial charge in [-0.2, -0.15) is 0 Å². The van der Waals surface area contributed by atoms with E-state index in [4.69, 9.17) is 9.47 Å². The van der Waals surface area contributed by atoms with Crippen LogP contribution < -0.4 is 10.6 Å². The molecule has 0 aliphatic carbocycles. The molecule has 0 aromatic heterocycles. The largest absolute Gasteiger partial charge is 0.463 e. The fourth-order valence-corrected chi connectivity index (χ4v) is 6.25. The molecule has 0 heterocycles. The summed E-state index contributed by atoms with van der Waals surface area (Å²) >= 11 is 0. The van der Waals surface area contributed by atoms with Gasteiger partial charge in [0.05, 0.1) is 46.0 Å². The first-order chi connectivity index (χ1) is 28.4. The number of sulfone groups is 2. The van der Waals surface area contributed by atoms with Gasteiger partial charge in [0.1, 0.15) is 5.78 Å². The molecular formula is C57H136N2O11S2. The van der Waals surface area contributed by atoms with Crippen LogP contribution in [0.1, 0.15) is 253 Å². The molecule has 0 aromatic rings. The predicted molar refractivity (Wildman–Crippen MR) is 324 cm³/mol. The number of carbonyl (C=O) groups is 5. The molecule has 0 unspecified atom stereocenters. The molecule has 0 rings (SSSR count). The van der Waals surface area contributed by atoms with Gasteiger partial charge in [0.25, 0.3) is 0 Å². The standard InChI is InChI=1S/2C7H15NO.2C7H16O2S.2C7H14O2.C7H14O.8CH4/c2*1-5(2)7(9)8-6(3)4;2*1-6(2)5-10(8,9)7(3)4;2*1-5(2)7(8)9-6(3)4;1-5(2)7(8)6(3)4;;;;;;;;/h2*5-6H,1-4H3,(H,8,9);2*6-7H,5H2,1-4H3;2*5-6H,1-4H3;5-6H,1-4H3;8*1H4.